The maximum Gasteiger partial charge on any atom is 0.130 e. The van der Waals surface area contributed by atoms with Crippen molar-refractivity contribution in [1.29, 1.82) is 0 Å². The third kappa shape index (κ3) is 3.39. The second kappa shape index (κ2) is 6.09. The molecule has 1 unspecified atom stereocenters. The SMILES string of the molecule is CC(N[C@H](C)c1cccc(F)c1)c1ccc(F)cc1F. The molecule has 0 spiro atoms. The van der Waals surface area contributed by atoms with E-state index >= 15 is 0 Å². The van der Waals surface area contributed by atoms with E-state index < -0.39 is 11.6 Å². The highest BCUT2D eigenvalue weighted by molar-refractivity contribution is 5.24. The number of halogens is 3. The summed E-state index contributed by atoms with van der Waals surface area (Å²) in [5, 5.41) is 3.17. The Balaban J connectivity index is 2.12. The Bertz CT molecular complexity index is 598. The maximum absolute atomic E-state index is 13.7. The van der Waals surface area contributed by atoms with Crippen LogP contribution in [0.2, 0.25) is 0 Å². The van der Waals surface area contributed by atoms with E-state index in [1.807, 2.05) is 6.92 Å². The molecule has 0 bridgehead atoms. The average molecular weight is 279 g/mol. The van der Waals surface area contributed by atoms with Crippen LogP contribution >= 0.6 is 0 Å². The molecule has 4 heteroatoms. The molecule has 0 saturated heterocycles. The molecular weight excluding hydrogens is 263 g/mol. The molecule has 0 amide bonds. The molecule has 0 aliphatic carbocycles. The van der Waals surface area contributed by atoms with E-state index in [2.05, 4.69) is 5.32 Å². The summed E-state index contributed by atoms with van der Waals surface area (Å²) in [5.41, 5.74) is 1.16. The largest absolute Gasteiger partial charge is 0.304 e. The molecule has 1 N–H and O–H groups in total. The van der Waals surface area contributed by atoms with Gasteiger partial charge in [-0.05, 0) is 37.6 Å². The fourth-order valence-corrected chi connectivity index (χ4v) is 2.19. The Morgan fingerprint density at radius 2 is 1.55 bits per heavy atom. The fraction of sp³-hybridized carbons (Fsp3) is 0.250. The Labute approximate surface area is 116 Å². The monoisotopic (exact) mass is 279 g/mol. The normalized spacial score (nSPS) is 14.1. The van der Waals surface area contributed by atoms with Gasteiger partial charge < -0.3 is 5.32 Å². The molecule has 2 aromatic rings. The summed E-state index contributed by atoms with van der Waals surface area (Å²) < 4.78 is 39.7. The van der Waals surface area contributed by atoms with Crippen LogP contribution in [0.15, 0.2) is 42.5 Å². The van der Waals surface area contributed by atoms with Gasteiger partial charge >= 0.3 is 0 Å². The number of benzene rings is 2. The average Bonchev–Trinajstić information content (AvgIpc) is 2.38. The minimum atomic E-state index is -0.600. The number of rotatable bonds is 4. The van der Waals surface area contributed by atoms with Crippen molar-refractivity contribution in [1.82, 2.24) is 5.32 Å². The molecular formula is C16H16F3N. The van der Waals surface area contributed by atoms with Crippen LogP contribution in [0.1, 0.15) is 37.1 Å². The Hall–Kier alpha value is -1.81. The van der Waals surface area contributed by atoms with E-state index in [-0.39, 0.29) is 17.9 Å². The molecule has 0 heterocycles. The summed E-state index contributed by atoms with van der Waals surface area (Å²) in [4.78, 5) is 0. The van der Waals surface area contributed by atoms with Crippen molar-refractivity contribution < 1.29 is 13.2 Å². The van der Waals surface area contributed by atoms with Gasteiger partial charge in [0.2, 0.25) is 0 Å². The second-order valence-corrected chi connectivity index (χ2v) is 4.83. The predicted octanol–water partition coefficient (Wildman–Crippen LogP) is 4.52. The summed E-state index contributed by atoms with van der Waals surface area (Å²) in [6, 6.07) is 9.29. The minimum Gasteiger partial charge on any atom is -0.304 e. The quantitative estimate of drug-likeness (QED) is 0.868. The highest BCUT2D eigenvalue weighted by Crippen LogP contribution is 2.22. The van der Waals surface area contributed by atoms with Gasteiger partial charge in [-0.3, -0.25) is 0 Å². The van der Waals surface area contributed by atoms with Crippen LogP contribution < -0.4 is 5.32 Å². The van der Waals surface area contributed by atoms with Gasteiger partial charge in [0, 0.05) is 23.7 Å². The van der Waals surface area contributed by atoms with Crippen LogP contribution in [0.25, 0.3) is 0 Å². The first kappa shape index (κ1) is 14.6. The molecule has 0 aliphatic rings. The van der Waals surface area contributed by atoms with E-state index in [0.29, 0.717) is 5.56 Å². The van der Waals surface area contributed by atoms with Crippen LogP contribution in [-0.2, 0) is 0 Å². The van der Waals surface area contributed by atoms with Gasteiger partial charge in [-0.2, -0.15) is 0 Å². The molecule has 106 valence electrons. The summed E-state index contributed by atoms with van der Waals surface area (Å²) >= 11 is 0. The first-order chi connectivity index (χ1) is 9.47. The zero-order valence-electron chi connectivity index (χ0n) is 11.3. The van der Waals surface area contributed by atoms with E-state index in [0.717, 1.165) is 11.6 Å². The van der Waals surface area contributed by atoms with Gasteiger partial charge in [0.1, 0.15) is 17.5 Å². The molecule has 0 saturated carbocycles. The van der Waals surface area contributed by atoms with E-state index in [9.17, 15) is 13.2 Å². The lowest BCUT2D eigenvalue weighted by atomic mass is 10.0. The topological polar surface area (TPSA) is 12.0 Å². The molecule has 0 radical (unpaired) electrons. The Morgan fingerprint density at radius 3 is 2.20 bits per heavy atom. The van der Waals surface area contributed by atoms with Crippen molar-refractivity contribution in [3.63, 3.8) is 0 Å². The van der Waals surface area contributed by atoms with Gasteiger partial charge in [0.05, 0.1) is 0 Å². The lowest BCUT2D eigenvalue weighted by molar-refractivity contribution is 0.468. The van der Waals surface area contributed by atoms with Crippen molar-refractivity contribution in [3.8, 4) is 0 Å². The second-order valence-electron chi connectivity index (χ2n) is 4.83. The molecule has 2 atom stereocenters. The molecule has 0 fully saturated rings. The van der Waals surface area contributed by atoms with E-state index in [1.54, 1.807) is 19.1 Å². The van der Waals surface area contributed by atoms with Gasteiger partial charge in [0.25, 0.3) is 0 Å². The lowest BCUT2D eigenvalue weighted by Crippen LogP contribution is -2.23. The molecule has 0 aromatic heterocycles. The molecule has 1 nitrogen and oxygen atoms in total. The van der Waals surface area contributed by atoms with Crippen LogP contribution in [0, 0.1) is 17.5 Å². The Kier molecular flexibility index (Phi) is 4.45. The third-order valence-electron chi connectivity index (χ3n) is 3.28. The van der Waals surface area contributed by atoms with Crippen molar-refractivity contribution in [3.05, 3.63) is 71.0 Å². The number of hydrogen-bond donors (Lipinski definition) is 1. The smallest absolute Gasteiger partial charge is 0.130 e. The Morgan fingerprint density at radius 1 is 0.850 bits per heavy atom. The van der Waals surface area contributed by atoms with Gasteiger partial charge in [0.15, 0.2) is 0 Å². The van der Waals surface area contributed by atoms with Gasteiger partial charge in [-0.25, -0.2) is 13.2 Å². The highest BCUT2D eigenvalue weighted by Gasteiger charge is 2.15. The third-order valence-corrected chi connectivity index (χ3v) is 3.28. The van der Waals surface area contributed by atoms with Crippen LogP contribution in [0.5, 0.6) is 0 Å². The van der Waals surface area contributed by atoms with Crippen molar-refractivity contribution in [2.75, 3.05) is 0 Å². The number of nitrogens with one attached hydrogen (secondary N) is 1. The fourth-order valence-electron chi connectivity index (χ4n) is 2.19. The zero-order chi connectivity index (χ0) is 14.7. The standard InChI is InChI=1S/C16H16F3N/c1-10(12-4-3-5-13(17)8-12)20-11(2)15-7-6-14(18)9-16(15)19/h3-11,20H,1-2H3/t10-,11?/m1/s1. The first-order valence-corrected chi connectivity index (χ1v) is 6.44. The van der Waals surface area contributed by atoms with Crippen LogP contribution in [0.3, 0.4) is 0 Å². The van der Waals surface area contributed by atoms with Gasteiger partial charge in [-0.1, -0.05) is 18.2 Å². The number of hydrogen-bond acceptors (Lipinski definition) is 1. The predicted molar refractivity (Wildman–Crippen MR) is 72.7 cm³/mol. The first-order valence-electron chi connectivity index (χ1n) is 6.44. The summed E-state index contributed by atoms with van der Waals surface area (Å²) in [5.74, 6) is -1.50. The molecule has 2 aromatic carbocycles. The van der Waals surface area contributed by atoms with Gasteiger partial charge in [-0.15, -0.1) is 0 Å². The zero-order valence-corrected chi connectivity index (χ0v) is 11.3. The molecule has 0 aliphatic heterocycles. The van der Waals surface area contributed by atoms with Crippen molar-refractivity contribution in [2.45, 2.75) is 25.9 Å². The highest BCUT2D eigenvalue weighted by atomic mass is 19.1. The van der Waals surface area contributed by atoms with E-state index in [4.69, 9.17) is 0 Å². The summed E-state index contributed by atoms with van der Waals surface area (Å²) in [7, 11) is 0. The van der Waals surface area contributed by atoms with Crippen molar-refractivity contribution in [2.24, 2.45) is 0 Å². The maximum atomic E-state index is 13.7. The van der Waals surface area contributed by atoms with Crippen LogP contribution in [0.4, 0.5) is 13.2 Å². The summed E-state index contributed by atoms with van der Waals surface area (Å²) in [6.07, 6.45) is 0. The lowest BCUT2D eigenvalue weighted by Gasteiger charge is -2.21. The van der Waals surface area contributed by atoms with Crippen LogP contribution in [-0.4, -0.2) is 0 Å². The molecule has 2 rings (SSSR count). The molecule has 20 heavy (non-hydrogen) atoms. The minimum absolute atomic E-state index is 0.148. The van der Waals surface area contributed by atoms with E-state index in [1.165, 1.54) is 24.3 Å². The summed E-state index contributed by atoms with van der Waals surface area (Å²) in [6.45, 7) is 3.65. The van der Waals surface area contributed by atoms with Crippen molar-refractivity contribution >= 4 is 0 Å².